The molecule has 0 amide bonds. The van der Waals surface area contributed by atoms with Crippen molar-refractivity contribution in [2.75, 3.05) is 13.7 Å². The summed E-state index contributed by atoms with van der Waals surface area (Å²) in [6.07, 6.45) is 1.33. The van der Waals surface area contributed by atoms with E-state index in [1.807, 2.05) is 35.2 Å². The van der Waals surface area contributed by atoms with E-state index < -0.39 is 5.97 Å². The van der Waals surface area contributed by atoms with Gasteiger partial charge >= 0.3 is 11.9 Å². The lowest BCUT2D eigenvalue weighted by atomic mass is 10.1. The van der Waals surface area contributed by atoms with Gasteiger partial charge in [-0.25, -0.2) is 4.79 Å². The maximum absolute atomic E-state index is 12.2. The highest BCUT2D eigenvalue weighted by Gasteiger charge is 2.41. The van der Waals surface area contributed by atoms with Crippen LogP contribution in [-0.2, 0) is 25.6 Å². The third kappa shape index (κ3) is 3.99. The molecular formula is C18H23NO4. The van der Waals surface area contributed by atoms with Crippen LogP contribution in [-0.4, -0.2) is 42.6 Å². The minimum atomic E-state index is -0.433. The Morgan fingerprint density at radius 2 is 1.87 bits per heavy atom. The summed E-state index contributed by atoms with van der Waals surface area (Å²) in [7, 11) is 1.34. The zero-order chi connectivity index (χ0) is 16.8. The maximum atomic E-state index is 12.2. The van der Waals surface area contributed by atoms with E-state index in [9.17, 15) is 9.59 Å². The summed E-state index contributed by atoms with van der Waals surface area (Å²) in [5, 5.41) is 0. The lowest BCUT2D eigenvalue weighted by Gasteiger charge is -2.29. The smallest absolute Gasteiger partial charge is 0.334 e. The number of methoxy groups -OCH3 is 1. The minimum absolute atomic E-state index is 0.211. The number of carbonyl (C=O) groups is 2. The van der Waals surface area contributed by atoms with Crippen molar-refractivity contribution in [3.05, 3.63) is 48.0 Å². The number of carbonyl (C=O) groups excluding carboxylic acids is 2. The SMILES string of the molecule is C=C(C(=O)OC)[C@H]1CC[C@H](C(=O)OCC)N1Cc1ccccc1. The Hall–Kier alpha value is -2.14. The van der Waals surface area contributed by atoms with Crippen molar-refractivity contribution in [3.63, 3.8) is 0 Å². The highest BCUT2D eigenvalue weighted by atomic mass is 16.5. The van der Waals surface area contributed by atoms with Crippen LogP contribution in [0.5, 0.6) is 0 Å². The molecule has 1 aromatic rings. The van der Waals surface area contributed by atoms with Gasteiger partial charge in [0.2, 0.25) is 0 Å². The Morgan fingerprint density at radius 1 is 1.22 bits per heavy atom. The number of hydrogen-bond acceptors (Lipinski definition) is 5. The average molecular weight is 317 g/mol. The van der Waals surface area contributed by atoms with Crippen molar-refractivity contribution in [2.45, 2.75) is 38.4 Å². The van der Waals surface area contributed by atoms with E-state index in [-0.39, 0.29) is 18.1 Å². The normalized spacial score (nSPS) is 21.0. The monoisotopic (exact) mass is 317 g/mol. The van der Waals surface area contributed by atoms with E-state index in [1.165, 1.54) is 7.11 Å². The molecule has 0 radical (unpaired) electrons. The first kappa shape index (κ1) is 17.2. The summed E-state index contributed by atoms with van der Waals surface area (Å²) in [6, 6.07) is 9.28. The lowest BCUT2D eigenvalue weighted by molar-refractivity contribution is -0.149. The van der Waals surface area contributed by atoms with E-state index in [2.05, 4.69) is 6.58 Å². The van der Waals surface area contributed by atoms with E-state index in [4.69, 9.17) is 9.47 Å². The summed E-state index contributed by atoms with van der Waals surface area (Å²) in [6.45, 7) is 6.57. The van der Waals surface area contributed by atoms with Gasteiger partial charge in [-0.1, -0.05) is 36.9 Å². The van der Waals surface area contributed by atoms with Crippen molar-refractivity contribution in [3.8, 4) is 0 Å². The van der Waals surface area contributed by atoms with E-state index in [0.717, 1.165) is 5.56 Å². The highest BCUT2D eigenvalue weighted by molar-refractivity contribution is 5.89. The van der Waals surface area contributed by atoms with E-state index in [0.29, 0.717) is 31.6 Å². The molecule has 1 aliphatic heterocycles. The van der Waals surface area contributed by atoms with Crippen molar-refractivity contribution < 1.29 is 19.1 Å². The molecule has 23 heavy (non-hydrogen) atoms. The Kier molecular flexibility index (Phi) is 5.93. The predicted molar refractivity (Wildman–Crippen MR) is 86.6 cm³/mol. The fourth-order valence-electron chi connectivity index (χ4n) is 3.01. The van der Waals surface area contributed by atoms with Gasteiger partial charge in [-0.2, -0.15) is 0 Å². The molecule has 1 aliphatic rings. The Balaban J connectivity index is 2.22. The molecule has 0 aliphatic carbocycles. The molecule has 2 rings (SSSR count). The predicted octanol–water partition coefficient (Wildman–Crippen LogP) is 2.31. The fourth-order valence-corrected chi connectivity index (χ4v) is 3.01. The molecule has 0 aromatic heterocycles. The highest BCUT2D eigenvalue weighted by Crippen LogP contribution is 2.31. The van der Waals surface area contributed by atoms with Crippen LogP contribution < -0.4 is 0 Å². The van der Waals surface area contributed by atoms with Gasteiger partial charge < -0.3 is 9.47 Å². The molecule has 1 saturated heterocycles. The second kappa shape index (κ2) is 7.92. The molecule has 0 unspecified atom stereocenters. The quantitative estimate of drug-likeness (QED) is 0.595. The standard InChI is InChI=1S/C18H23NO4/c1-4-23-18(21)16-11-10-15(13(2)17(20)22-3)19(16)12-14-8-6-5-7-9-14/h5-9,15-16H,2,4,10-12H2,1,3H3/t15-,16-/m1/s1. The number of esters is 2. The summed E-state index contributed by atoms with van der Waals surface area (Å²) >= 11 is 0. The molecular weight excluding hydrogens is 294 g/mol. The van der Waals surface area contributed by atoms with Crippen LogP contribution in [0.25, 0.3) is 0 Å². The third-order valence-corrected chi connectivity index (χ3v) is 4.13. The zero-order valence-corrected chi connectivity index (χ0v) is 13.7. The van der Waals surface area contributed by atoms with Gasteiger partial charge in [0.1, 0.15) is 6.04 Å². The van der Waals surface area contributed by atoms with Gasteiger partial charge in [-0.15, -0.1) is 0 Å². The summed E-state index contributed by atoms with van der Waals surface area (Å²) in [5.41, 5.74) is 1.46. The number of likely N-dealkylation sites (tertiary alicyclic amines) is 1. The first-order chi connectivity index (χ1) is 11.1. The number of benzene rings is 1. The fraction of sp³-hybridized carbons (Fsp3) is 0.444. The molecule has 0 saturated carbocycles. The van der Waals surface area contributed by atoms with Crippen LogP contribution in [0.3, 0.4) is 0 Å². The summed E-state index contributed by atoms with van der Waals surface area (Å²) in [5.74, 6) is -0.679. The van der Waals surface area contributed by atoms with Crippen molar-refractivity contribution >= 4 is 11.9 Å². The molecule has 0 N–H and O–H groups in total. The molecule has 1 fully saturated rings. The molecule has 124 valence electrons. The second-order valence-corrected chi connectivity index (χ2v) is 5.54. The Labute approximate surface area is 136 Å². The molecule has 5 heteroatoms. The third-order valence-electron chi connectivity index (χ3n) is 4.13. The minimum Gasteiger partial charge on any atom is -0.466 e. The van der Waals surface area contributed by atoms with Gasteiger partial charge in [0, 0.05) is 18.2 Å². The van der Waals surface area contributed by atoms with Crippen LogP contribution in [0, 0.1) is 0 Å². The molecule has 1 heterocycles. The number of ether oxygens (including phenoxy) is 2. The lowest BCUT2D eigenvalue weighted by Crippen LogP contribution is -2.42. The first-order valence-electron chi connectivity index (χ1n) is 7.81. The molecule has 0 bridgehead atoms. The number of hydrogen-bond donors (Lipinski definition) is 0. The number of rotatable bonds is 6. The zero-order valence-electron chi connectivity index (χ0n) is 13.7. The summed E-state index contributed by atoms with van der Waals surface area (Å²) < 4.78 is 9.97. The first-order valence-corrected chi connectivity index (χ1v) is 7.81. The van der Waals surface area contributed by atoms with E-state index in [1.54, 1.807) is 6.92 Å². The van der Waals surface area contributed by atoms with E-state index >= 15 is 0 Å². The largest absolute Gasteiger partial charge is 0.466 e. The second-order valence-electron chi connectivity index (χ2n) is 5.54. The molecule has 1 aromatic carbocycles. The molecule has 0 spiro atoms. The van der Waals surface area contributed by atoms with Crippen LogP contribution in [0.4, 0.5) is 0 Å². The maximum Gasteiger partial charge on any atom is 0.334 e. The van der Waals surface area contributed by atoms with Crippen LogP contribution in [0.1, 0.15) is 25.3 Å². The van der Waals surface area contributed by atoms with Crippen LogP contribution >= 0.6 is 0 Å². The topological polar surface area (TPSA) is 55.8 Å². The van der Waals surface area contributed by atoms with Gasteiger partial charge in [0.05, 0.1) is 13.7 Å². The average Bonchev–Trinajstić information content (AvgIpc) is 2.98. The van der Waals surface area contributed by atoms with Crippen molar-refractivity contribution in [1.29, 1.82) is 0 Å². The molecule has 5 nitrogen and oxygen atoms in total. The number of nitrogens with zero attached hydrogens (tertiary/aromatic N) is 1. The van der Waals surface area contributed by atoms with Crippen LogP contribution in [0.15, 0.2) is 42.5 Å². The van der Waals surface area contributed by atoms with Gasteiger partial charge in [0.15, 0.2) is 0 Å². The summed E-state index contributed by atoms with van der Waals surface area (Å²) in [4.78, 5) is 26.1. The Bertz CT molecular complexity index is 570. The van der Waals surface area contributed by atoms with Crippen molar-refractivity contribution in [2.24, 2.45) is 0 Å². The van der Waals surface area contributed by atoms with Crippen molar-refractivity contribution in [1.82, 2.24) is 4.90 Å². The Morgan fingerprint density at radius 3 is 2.48 bits per heavy atom. The van der Waals surface area contributed by atoms with Gasteiger partial charge in [-0.3, -0.25) is 9.69 Å². The van der Waals surface area contributed by atoms with Gasteiger partial charge in [-0.05, 0) is 25.3 Å². The van der Waals surface area contributed by atoms with Crippen LogP contribution in [0.2, 0.25) is 0 Å². The molecule has 2 atom stereocenters. The van der Waals surface area contributed by atoms with Gasteiger partial charge in [0.25, 0.3) is 0 Å².